The first-order chi connectivity index (χ1) is 4.69. The summed E-state index contributed by atoms with van der Waals surface area (Å²) in [5, 5.41) is 8.56. The summed E-state index contributed by atoms with van der Waals surface area (Å²) in [5.41, 5.74) is 0. The Hall–Kier alpha value is -0.0200. The molecule has 1 aliphatic rings. The van der Waals surface area contributed by atoms with Crippen LogP contribution in [0.1, 0.15) is 25.7 Å². The van der Waals surface area contributed by atoms with E-state index in [2.05, 4.69) is 12.6 Å². The molecule has 10 heavy (non-hydrogen) atoms. The Bertz CT molecular complexity index is 139. The van der Waals surface area contributed by atoms with Gasteiger partial charge in [-0.25, -0.2) is 0 Å². The molecule has 58 valence electrons. The molecule has 0 unspecified atom stereocenters. The highest BCUT2D eigenvalue weighted by Crippen LogP contribution is 2.35. The van der Waals surface area contributed by atoms with Crippen molar-refractivity contribution in [3.63, 3.8) is 0 Å². The van der Waals surface area contributed by atoms with Crippen LogP contribution < -0.4 is 0 Å². The molecule has 0 aliphatic heterocycles. The van der Waals surface area contributed by atoms with Gasteiger partial charge in [-0.1, -0.05) is 12.8 Å². The zero-order valence-electron chi connectivity index (χ0n) is 5.84. The van der Waals surface area contributed by atoms with Crippen molar-refractivity contribution in [2.75, 3.05) is 6.61 Å². The summed E-state index contributed by atoms with van der Waals surface area (Å²) in [6.45, 7) is -0.358. The molecule has 0 spiro atoms. The normalized spacial score (nSPS) is 23.0. The largest absolute Gasteiger partial charge is 0.389 e. The topological polar surface area (TPSA) is 37.3 Å². The van der Waals surface area contributed by atoms with Gasteiger partial charge in [0.2, 0.25) is 0 Å². The number of carbonyl (C=O) groups excluding carboxylic acids is 1. The van der Waals surface area contributed by atoms with E-state index in [0.29, 0.717) is 0 Å². The van der Waals surface area contributed by atoms with E-state index in [1.807, 2.05) is 0 Å². The minimum absolute atomic E-state index is 0.117. The fourth-order valence-corrected chi connectivity index (χ4v) is 1.77. The summed E-state index contributed by atoms with van der Waals surface area (Å²) >= 11 is 4.25. The Morgan fingerprint density at radius 3 is 2.40 bits per heavy atom. The molecule has 1 aliphatic carbocycles. The zero-order chi connectivity index (χ0) is 7.61. The van der Waals surface area contributed by atoms with Crippen molar-refractivity contribution in [1.82, 2.24) is 0 Å². The number of thiol groups is 1. The van der Waals surface area contributed by atoms with Gasteiger partial charge in [-0.05, 0) is 12.8 Å². The first-order valence-corrected chi connectivity index (χ1v) is 4.00. The van der Waals surface area contributed by atoms with Gasteiger partial charge >= 0.3 is 0 Å². The number of rotatable bonds is 2. The molecule has 1 rings (SSSR count). The van der Waals surface area contributed by atoms with Crippen molar-refractivity contribution in [1.29, 1.82) is 0 Å². The maximum Gasteiger partial charge on any atom is 0.173 e. The van der Waals surface area contributed by atoms with Crippen LogP contribution in [0, 0.1) is 0 Å². The third kappa shape index (κ3) is 1.35. The van der Waals surface area contributed by atoms with Crippen LogP contribution >= 0.6 is 12.6 Å². The zero-order valence-corrected chi connectivity index (χ0v) is 6.73. The van der Waals surface area contributed by atoms with Crippen LogP contribution in [0.5, 0.6) is 0 Å². The summed E-state index contributed by atoms with van der Waals surface area (Å²) in [4.78, 5) is 11.0. The van der Waals surface area contributed by atoms with E-state index in [-0.39, 0.29) is 12.4 Å². The van der Waals surface area contributed by atoms with Crippen molar-refractivity contribution < 1.29 is 9.90 Å². The van der Waals surface area contributed by atoms with Gasteiger partial charge < -0.3 is 5.11 Å². The highest BCUT2D eigenvalue weighted by atomic mass is 32.1. The number of hydrogen-bond donors (Lipinski definition) is 2. The number of Topliss-reactive ketones (excluding diaryl/α,β-unsaturated/α-hetero) is 1. The minimum Gasteiger partial charge on any atom is -0.389 e. The average molecular weight is 160 g/mol. The lowest BCUT2D eigenvalue weighted by molar-refractivity contribution is -0.123. The molecule has 0 aromatic rings. The second-order valence-corrected chi connectivity index (χ2v) is 3.68. The summed E-state index contributed by atoms with van der Waals surface area (Å²) < 4.78 is -0.491. The standard InChI is InChI=1S/C7H12O2S/c8-5-6(9)7(10)3-1-2-4-7/h8,10H,1-5H2. The Kier molecular flexibility index (Phi) is 2.36. The fraction of sp³-hybridized carbons (Fsp3) is 0.857. The van der Waals surface area contributed by atoms with Crippen LogP contribution in [-0.2, 0) is 4.79 Å². The van der Waals surface area contributed by atoms with E-state index >= 15 is 0 Å². The van der Waals surface area contributed by atoms with E-state index in [9.17, 15) is 4.79 Å². The van der Waals surface area contributed by atoms with Crippen molar-refractivity contribution in [2.24, 2.45) is 0 Å². The highest BCUT2D eigenvalue weighted by molar-refractivity contribution is 7.82. The van der Waals surface area contributed by atoms with Crippen molar-refractivity contribution in [3.8, 4) is 0 Å². The van der Waals surface area contributed by atoms with Gasteiger partial charge in [0.1, 0.15) is 6.61 Å². The Balaban J connectivity index is 2.58. The van der Waals surface area contributed by atoms with Gasteiger partial charge in [-0.15, -0.1) is 0 Å². The molecule has 2 nitrogen and oxygen atoms in total. The summed E-state index contributed by atoms with van der Waals surface area (Å²) in [5.74, 6) is -0.117. The molecule has 0 saturated heterocycles. The number of aliphatic hydroxyl groups is 1. The van der Waals surface area contributed by atoms with Gasteiger partial charge in [0.25, 0.3) is 0 Å². The number of aliphatic hydroxyl groups excluding tert-OH is 1. The molecule has 0 radical (unpaired) electrons. The third-order valence-electron chi connectivity index (χ3n) is 2.09. The molecule has 0 aromatic heterocycles. The number of carbonyl (C=O) groups is 1. The molecule has 0 heterocycles. The molecule has 3 heteroatoms. The van der Waals surface area contributed by atoms with E-state index in [4.69, 9.17) is 5.11 Å². The molecule has 1 N–H and O–H groups in total. The molecule has 0 atom stereocenters. The maximum absolute atomic E-state index is 11.0. The van der Waals surface area contributed by atoms with Crippen LogP contribution in [0.25, 0.3) is 0 Å². The summed E-state index contributed by atoms with van der Waals surface area (Å²) in [6, 6.07) is 0. The number of hydrogen-bond acceptors (Lipinski definition) is 3. The Morgan fingerprint density at radius 2 is 2.00 bits per heavy atom. The van der Waals surface area contributed by atoms with E-state index < -0.39 is 4.75 Å². The van der Waals surface area contributed by atoms with Crippen LogP contribution in [0.15, 0.2) is 0 Å². The second-order valence-electron chi connectivity index (χ2n) is 2.82. The van der Waals surface area contributed by atoms with Crippen LogP contribution in [0.2, 0.25) is 0 Å². The van der Waals surface area contributed by atoms with Gasteiger partial charge in [0.15, 0.2) is 5.78 Å². The second kappa shape index (κ2) is 2.93. The molecule has 1 fully saturated rings. The van der Waals surface area contributed by atoms with Crippen molar-refractivity contribution >= 4 is 18.4 Å². The van der Waals surface area contributed by atoms with E-state index in [1.165, 1.54) is 0 Å². The first-order valence-electron chi connectivity index (χ1n) is 3.55. The van der Waals surface area contributed by atoms with Crippen LogP contribution in [0.3, 0.4) is 0 Å². The van der Waals surface area contributed by atoms with Crippen molar-refractivity contribution in [2.45, 2.75) is 30.4 Å². The quantitative estimate of drug-likeness (QED) is 0.586. The summed E-state index contributed by atoms with van der Waals surface area (Å²) in [7, 11) is 0. The summed E-state index contributed by atoms with van der Waals surface area (Å²) in [6.07, 6.45) is 3.79. The first kappa shape index (κ1) is 8.08. The minimum atomic E-state index is -0.491. The third-order valence-corrected chi connectivity index (χ3v) is 2.79. The Morgan fingerprint density at radius 1 is 1.50 bits per heavy atom. The Labute approximate surface area is 66.0 Å². The maximum atomic E-state index is 11.0. The predicted molar refractivity (Wildman–Crippen MR) is 42.3 cm³/mol. The SMILES string of the molecule is O=C(CO)C1(S)CCCC1. The van der Waals surface area contributed by atoms with Gasteiger partial charge in [0, 0.05) is 0 Å². The molecule has 0 aromatic carbocycles. The average Bonchev–Trinajstić information content (AvgIpc) is 2.36. The van der Waals surface area contributed by atoms with Crippen LogP contribution in [-0.4, -0.2) is 22.2 Å². The molecule has 0 bridgehead atoms. The van der Waals surface area contributed by atoms with Gasteiger partial charge in [-0.2, -0.15) is 12.6 Å². The van der Waals surface area contributed by atoms with Crippen molar-refractivity contribution in [3.05, 3.63) is 0 Å². The molecular weight excluding hydrogens is 148 g/mol. The molecular formula is C7H12O2S. The van der Waals surface area contributed by atoms with E-state index in [0.717, 1.165) is 25.7 Å². The monoisotopic (exact) mass is 160 g/mol. The highest BCUT2D eigenvalue weighted by Gasteiger charge is 2.36. The molecule has 0 amide bonds. The van der Waals surface area contributed by atoms with E-state index in [1.54, 1.807) is 0 Å². The lowest BCUT2D eigenvalue weighted by Gasteiger charge is -2.18. The lowest BCUT2D eigenvalue weighted by Crippen LogP contribution is -2.31. The van der Waals surface area contributed by atoms with Gasteiger partial charge in [-0.3, -0.25) is 4.79 Å². The fourth-order valence-electron chi connectivity index (χ4n) is 1.39. The lowest BCUT2D eigenvalue weighted by atomic mass is 10.0. The molecule has 1 saturated carbocycles. The smallest absolute Gasteiger partial charge is 0.173 e. The van der Waals surface area contributed by atoms with Gasteiger partial charge in [0.05, 0.1) is 4.75 Å². The van der Waals surface area contributed by atoms with Crippen LogP contribution in [0.4, 0.5) is 0 Å². The predicted octanol–water partition coefficient (Wildman–Crippen LogP) is 0.790. The number of ketones is 1.